The molecule has 0 aliphatic carbocycles. The van der Waals surface area contributed by atoms with Crippen molar-refractivity contribution in [3.8, 4) is 5.75 Å². The molecule has 5 heteroatoms. The van der Waals surface area contributed by atoms with E-state index in [9.17, 15) is 14.3 Å². The molecule has 0 radical (unpaired) electrons. The molecule has 118 valence electrons. The summed E-state index contributed by atoms with van der Waals surface area (Å²) in [6.07, 6.45) is 0. The molecule has 3 aromatic rings. The van der Waals surface area contributed by atoms with E-state index in [1.807, 2.05) is 19.1 Å². The Kier molecular flexibility index (Phi) is 4.12. The SMILES string of the molecule is C[C@@H](NCc1cc(=O)c2cccc(F)c2[nH]1)c1ccccc1O. The van der Waals surface area contributed by atoms with E-state index in [0.29, 0.717) is 17.6 Å². The minimum atomic E-state index is -0.449. The molecule has 0 aliphatic rings. The molecule has 1 atom stereocenters. The van der Waals surface area contributed by atoms with Crippen LogP contribution in [0.4, 0.5) is 4.39 Å². The predicted octanol–water partition coefficient (Wildman–Crippen LogP) is 3.22. The summed E-state index contributed by atoms with van der Waals surface area (Å²) in [7, 11) is 0. The number of benzene rings is 2. The van der Waals surface area contributed by atoms with Gasteiger partial charge in [0.15, 0.2) is 5.43 Å². The molecule has 0 unspecified atom stereocenters. The number of phenolic OH excluding ortho intramolecular Hbond substituents is 1. The highest BCUT2D eigenvalue weighted by Gasteiger charge is 2.10. The second-order valence-corrected chi connectivity index (χ2v) is 5.48. The van der Waals surface area contributed by atoms with E-state index in [0.717, 1.165) is 5.56 Å². The topological polar surface area (TPSA) is 65.1 Å². The Morgan fingerprint density at radius 2 is 2.00 bits per heavy atom. The van der Waals surface area contributed by atoms with Gasteiger partial charge in [-0.25, -0.2) is 4.39 Å². The molecule has 23 heavy (non-hydrogen) atoms. The molecular weight excluding hydrogens is 295 g/mol. The van der Waals surface area contributed by atoms with Gasteiger partial charge in [-0.1, -0.05) is 24.3 Å². The van der Waals surface area contributed by atoms with Crippen LogP contribution in [0.1, 0.15) is 24.2 Å². The number of aromatic amines is 1. The lowest BCUT2D eigenvalue weighted by molar-refractivity contribution is 0.452. The van der Waals surface area contributed by atoms with Crippen molar-refractivity contribution in [3.05, 3.63) is 75.8 Å². The second-order valence-electron chi connectivity index (χ2n) is 5.48. The largest absolute Gasteiger partial charge is 0.508 e. The van der Waals surface area contributed by atoms with Crippen LogP contribution < -0.4 is 10.7 Å². The van der Waals surface area contributed by atoms with Crippen molar-refractivity contribution in [2.24, 2.45) is 0 Å². The smallest absolute Gasteiger partial charge is 0.189 e. The van der Waals surface area contributed by atoms with Gasteiger partial charge in [0.05, 0.1) is 5.52 Å². The average molecular weight is 312 g/mol. The maximum Gasteiger partial charge on any atom is 0.189 e. The van der Waals surface area contributed by atoms with Gasteiger partial charge < -0.3 is 15.4 Å². The molecule has 1 aromatic heterocycles. The van der Waals surface area contributed by atoms with Crippen LogP contribution in [-0.2, 0) is 6.54 Å². The Hall–Kier alpha value is -2.66. The highest BCUT2D eigenvalue weighted by Crippen LogP contribution is 2.23. The van der Waals surface area contributed by atoms with E-state index >= 15 is 0 Å². The summed E-state index contributed by atoms with van der Waals surface area (Å²) in [6, 6.07) is 12.8. The highest BCUT2D eigenvalue weighted by molar-refractivity contribution is 5.78. The molecule has 0 bridgehead atoms. The van der Waals surface area contributed by atoms with Crippen LogP contribution in [0, 0.1) is 5.82 Å². The van der Waals surface area contributed by atoms with Gasteiger partial charge in [0.25, 0.3) is 0 Å². The first kappa shape index (κ1) is 15.2. The fourth-order valence-corrected chi connectivity index (χ4v) is 2.61. The number of phenols is 1. The van der Waals surface area contributed by atoms with Gasteiger partial charge >= 0.3 is 0 Å². The van der Waals surface area contributed by atoms with Crippen molar-refractivity contribution in [3.63, 3.8) is 0 Å². The minimum absolute atomic E-state index is 0.115. The number of aromatic hydroxyl groups is 1. The minimum Gasteiger partial charge on any atom is -0.508 e. The molecular formula is C18H17FN2O2. The van der Waals surface area contributed by atoms with Gasteiger partial charge in [0.2, 0.25) is 0 Å². The van der Waals surface area contributed by atoms with Crippen molar-refractivity contribution in [1.82, 2.24) is 10.3 Å². The standard InChI is InChI=1S/C18H17FN2O2/c1-11(13-5-2-3-8-16(13)22)20-10-12-9-17(23)14-6-4-7-15(19)18(14)21-12/h2-9,11,20,22H,10H2,1H3,(H,21,23)/t11-/m1/s1. The molecule has 2 aromatic carbocycles. The van der Waals surface area contributed by atoms with Crippen molar-refractivity contribution in [2.45, 2.75) is 19.5 Å². The summed E-state index contributed by atoms with van der Waals surface area (Å²) < 4.78 is 13.8. The second kappa shape index (κ2) is 6.22. The summed E-state index contributed by atoms with van der Waals surface area (Å²) >= 11 is 0. The zero-order valence-electron chi connectivity index (χ0n) is 12.6. The lowest BCUT2D eigenvalue weighted by atomic mass is 10.1. The zero-order valence-corrected chi connectivity index (χ0v) is 12.6. The maximum atomic E-state index is 13.8. The Morgan fingerprint density at radius 3 is 2.78 bits per heavy atom. The van der Waals surface area contributed by atoms with E-state index in [2.05, 4.69) is 10.3 Å². The Bertz CT molecular complexity index is 905. The number of aromatic nitrogens is 1. The van der Waals surface area contributed by atoms with Crippen molar-refractivity contribution in [1.29, 1.82) is 0 Å². The van der Waals surface area contributed by atoms with E-state index < -0.39 is 5.82 Å². The normalized spacial score (nSPS) is 12.4. The summed E-state index contributed by atoms with van der Waals surface area (Å²) in [4.78, 5) is 15.0. The van der Waals surface area contributed by atoms with Gasteiger partial charge in [0.1, 0.15) is 11.6 Å². The van der Waals surface area contributed by atoms with Crippen molar-refractivity contribution in [2.75, 3.05) is 0 Å². The number of pyridine rings is 1. The van der Waals surface area contributed by atoms with E-state index in [1.54, 1.807) is 18.2 Å². The third kappa shape index (κ3) is 3.10. The van der Waals surface area contributed by atoms with Crippen molar-refractivity contribution < 1.29 is 9.50 Å². The first-order valence-electron chi connectivity index (χ1n) is 7.38. The molecule has 0 saturated carbocycles. The highest BCUT2D eigenvalue weighted by atomic mass is 19.1. The summed E-state index contributed by atoms with van der Waals surface area (Å²) in [5.41, 5.74) is 1.36. The number of rotatable bonds is 4. The summed E-state index contributed by atoms with van der Waals surface area (Å²) in [5.74, 6) is -0.235. The van der Waals surface area contributed by atoms with Gasteiger partial charge in [-0.05, 0) is 25.1 Å². The number of hydrogen-bond acceptors (Lipinski definition) is 3. The quantitative estimate of drug-likeness (QED) is 0.693. The van der Waals surface area contributed by atoms with Crippen LogP contribution in [-0.4, -0.2) is 10.1 Å². The molecule has 0 saturated heterocycles. The van der Waals surface area contributed by atoms with Gasteiger partial charge in [0, 0.05) is 35.3 Å². The van der Waals surface area contributed by atoms with Crippen LogP contribution in [0.5, 0.6) is 5.75 Å². The first-order valence-corrected chi connectivity index (χ1v) is 7.38. The first-order chi connectivity index (χ1) is 11.1. The Balaban J connectivity index is 1.84. The van der Waals surface area contributed by atoms with Crippen molar-refractivity contribution >= 4 is 10.9 Å². The van der Waals surface area contributed by atoms with Gasteiger partial charge in [-0.15, -0.1) is 0 Å². The van der Waals surface area contributed by atoms with E-state index in [1.165, 1.54) is 18.2 Å². The number of para-hydroxylation sites is 2. The third-order valence-electron chi connectivity index (χ3n) is 3.87. The Morgan fingerprint density at radius 1 is 1.22 bits per heavy atom. The number of halogens is 1. The average Bonchev–Trinajstić information content (AvgIpc) is 2.54. The zero-order chi connectivity index (χ0) is 16.4. The fourth-order valence-electron chi connectivity index (χ4n) is 2.61. The van der Waals surface area contributed by atoms with Gasteiger partial charge in [-0.2, -0.15) is 0 Å². The number of hydrogen-bond donors (Lipinski definition) is 3. The molecule has 0 aliphatic heterocycles. The molecule has 0 spiro atoms. The van der Waals surface area contributed by atoms with E-state index in [4.69, 9.17) is 0 Å². The Labute approximate surface area is 132 Å². The molecule has 4 nitrogen and oxygen atoms in total. The van der Waals surface area contributed by atoms with Crippen LogP contribution in [0.2, 0.25) is 0 Å². The maximum absolute atomic E-state index is 13.8. The molecule has 3 rings (SSSR count). The lowest BCUT2D eigenvalue weighted by Gasteiger charge is -2.15. The van der Waals surface area contributed by atoms with Crippen LogP contribution >= 0.6 is 0 Å². The van der Waals surface area contributed by atoms with Crippen LogP contribution in [0.15, 0.2) is 53.3 Å². The number of nitrogens with one attached hydrogen (secondary N) is 2. The van der Waals surface area contributed by atoms with Crippen LogP contribution in [0.25, 0.3) is 10.9 Å². The van der Waals surface area contributed by atoms with E-state index in [-0.39, 0.29) is 22.7 Å². The molecule has 3 N–H and O–H groups in total. The molecule has 0 amide bonds. The lowest BCUT2D eigenvalue weighted by Crippen LogP contribution is -2.20. The molecule has 0 fully saturated rings. The predicted molar refractivity (Wildman–Crippen MR) is 87.9 cm³/mol. The number of fused-ring (bicyclic) bond motifs is 1. The monoisotopic (exact) mass is 312 g/mol. The third-order valence-corrected chi connectivity index (χ3v) is 3.87. The molecule has 1 heterocycles. The number of H-pyrrole nitrogens is 1. The fraction of sp³-hybridized carbons (Fsp3) is 0.167. The summed E-state index contributed by atoms with van der Waals surface area (Å²) in [5, 5.41) is 13.4. The van der Waals surface area contributed by atoms with Crippen LogP contribution in [0.3, 0.4) is 0 Å². The van der Waals surface area contributed by atoms with Gasteiger partial charge in [-0.3, -0.25) is 4.79 Å². The summed E-state index contributed by atoms with van der Waals surface area (Å²) in [6.45, 7) is 2.27.